The molecule has 0 aromatic rings. The second-order valence-electron chi connectivity index (χ2n) is 0. The van der Waals surface area contributed by atoms with Gasteiger partial charge in [0.2, 0.25) is 0 Å². The van der Waals surface area contributed by atoms with Crippen molar-refractivity contribution in [2.24, 2.45) is 0 Å². The van der Waals surface area contributed by atoms with Crippen LogP contribution in [-0.2, 0) is 0 Å². The zero-order valence-corrected chi connectivity index (χ0v) is 17.6. The molecule has 0 amide bonds. The molecule has 0 heterocycles. The Morgan fingerprint density at radius 1 is 1.00 bits per heavy atom. The molecular weight excluding hydrogens is 523 g/mol. The van der Waals surface area contributed by atoms with Gasteiger partial charge in [-0.2, -0.15) is 13.5 Å². The van der Waals surface area contributed by atoms with E-state index in [4.69, 9.17) is 0 Å². The Labute approximate surface area is 83.5 Å². The van der Waals surface area contributed by atoms with Crippen molar-refractivity contribution in [3.05, 3.63) is 0 Å². The van der Waals surface area contributed by atoms with Crippen LogP contribution in [0.3, 0.4) is 0 Å². The van der Waals surface area contributed by atoms with Crippen LogP contribution in [0.5, 0.6) is 0 Å². The average molecular weight is 533 g/mol. The van der Waals surface area contributed by atoms with Crippen LogP contribution in [0.15, 0.2) is 0 Å². The Kier molecular flexibility index (Phi) is 128. The van der Waals surface area contributed by atoms with Gasteiger partial charge in [0.25, 0.3) is 0 Å². The van der Waals surface area contributed by atoms with Gasteiger partial charge in [-0.1, -0.05) is 0 Å². The van der Waals surface area contributed by atoms with Gasteiger partial charge < -0.3 is 0 Å². The number of rotatable bonds is 0. The van der Waals surface area contributed by atoms with Gasteiger partial charge >= 0.3 is 71.5 Å². The molecule has 0 aliphatic heterocycles. The zero-order chi connectivity index (χ0) is 0. The zero-order valence-electron chi connectivity index (χ0n) is 2.62. The molecule has 0 aliphatic carbocycles. The first kappa shape index (κ1) is 29.8. The number of hydrogen-bond acceptors (Lipinski definition) is 0. The molecule has 0 spiro atoms. The quantitative estimate of drug-likeness (QED) is 0.289. The fraction of sp³-hybridized carbons (Fsp3) is 0. The first-order valence-corrected chi connectivity index (χ1v) is 0. The van der Waals surface area contributed by atoms with Gasteiger partial charge in [0.1, 0.15) is 0 Å². The van der Waals surface area contributed by atoms with Crippen LogP contribution < -0.4 is 0 Å². The molecule has 0 saturated heterocycles. The van der Waals surface area contributed by atoms with Crippen LogP contribution in [0.2, 0.25) is 0 Å². The second-order valence-corrected chi connectivity index (χ2v) is 0. The predicted octanol–water partition coefficient (Wildman–Crippen LogP) is -3.17. The van der Waals surface area contributed by atoms with E-state index in [1.165, 1.54) is 0 Å². The average Bonchev–Trinajstić information content (AvgIpc) is 0. The van der Waals surface area contributed by atoms with Crippen LogP contribution in [-0.4, -0.2) is 71.5 Å². The molecule has 0 bridgehead atoms. The van der Waals surface area contributed by atoms with E-state index in [1.54, 1.807) is 0 Å². The Morgan fingerprint density at radius 2 is 1.00 bits per heavy atom. The van der Waals surface area contributed by atoms with Gasteiger partial charge in [0.15, 0.2) is 0 Å². The van der Waals surface area contributed by atoms with Crippen molar-refractivity contribution in [1.29, 1.82) is 0 Å². The van der Waals surface area contributed by atoms with E-state index in [-0.39, 0.29) is 85.0 Å². The van der Waals surface area contributed by atoms with Crippen molar-refractivity contribution in [2.75, 3.05) is 0 Å². The van der Waals surface area contributed by atoms with Gasteiger partial charge in [-0.3, -0.25) is 0 Å². The van der Waals surface area contributed by atoms with E-state index in [0.29, 0.717) is 0 Å². The van der Waals surface area contributed by atoms with Crippen LogP contribution in [0.4, 0.5) is 0 Å². The van der Waals surface area contributed by atoms with Crippen molar-refractivity contribution in [1.82, 2.24) is 0 Å². The molecule has 1 unspecified atom stereocenters. The van der Waals surface area contributed by atoms with Gasteiger partial charge in [-0.15, -0.1) is 0 Å². The first-order chi connectivity index (χ1) is 0. The van der Waals surface area contributed by atoms with Gasteiger partial charge in [-0.05, 0) is 0 Å². The summed E-state index contributed by atoms with van der Waals surface area (Å²) in [5.74, 6) is 0. The maximum absolute atomic E-state index is 0. The molecule has 0 nitrogen and oxygen atoms in total. The van der Waals surface area contributed by atoms with Crippen LogP contribution in [0.1, 0.15) is 0 Å². The molecule has 4 heavy (non-hydrogen) atoms. The SMILES string of the molecule is S.[AsH3].[BiH3].[PbH2]. The molecule has 0 aromatic carbocycles. The van der Waals surface area contributed by atoms with Crippen molar-refractivity contribution in [3.63, 3.8) is 0 Å². The van der Waals surface area contributed by atoms with Crippen LogP contribution >= 0.6 is 13.5 Å². The van der Waals surface area contributed by atoms with Gasteiger partial charge in [-0.25, -0.2) is 0 Å². The first-order valence-electron chi connectivity index (χ1n) is 0. The van der Waals surface area contributed by atoms with Gasteiger partial charge in [0, 0.05) is 0 Å². The second kappa shape index (κ2) is 17.2. The van der Waals surface area contributed by atoms with Crippen molar-refractivity contribution in [3.8, 4) is 0 Å². The molecule has 0 N–H and O–H groups in total. The Bertz CT molecular complexity index is 8.00. The summed E-state index contributed by atoms with van der Waals surface area (Å²) >= 11 is 0. The standard InChI is InChI=1S/AsH3.Bi.Pb.H2S.5H/h1H3;;;1H2;;;;;. The fourth-order valence-corrected chi connectivity index (χ4v) is 0. The molecule has 0 rings (SSSR count). The number of hydrogen-bond donors (Lipinski definition) is 0. The molecule has 0 fully saturated rings. The predicted molar refractivity (Wildman–Crippen MR) is 38.8 cm³/mol. The van der Waals surface area contributed by atoms with E-state index in [2.05, 4.69) is 0 Å². The Balaban J connectivity index is 0. The van der Waals surface area contributed by atoms with Crippen LogP contribution in [0.25, 0.3) is 0 Å². The third-order valence-electron chi connectivity index (χ3n) is 0. The monoisotopic (exact) mass is 534 g/mol. The van der Waals surface area contributed by atoms with E-state index < -0.39 is 0 Å². The molecular formula is H10AsBiPbS. The summed E-state index contributed by atoms with van der Waals surface area (Å²) in [5, 5.41) is 0. The third kappa shape index (κ3) is 8.83. The molecule has 1 atom stereocenters. The van der Waals surface area contributed by atoms with Crippen LogP contribution in [0, 0.1) is 0 Å². The maximum atomic E-state index is 0. The summed E-state index contributed by atoms with van der Waals surface area (Å²) in [7, 11) is 0. The summed E-state index contributed by atoms with van der Waals surface area (Å²) in [6.07, 6.45) is 0. The van der Waals surface area contributed by atoms with E-state index in [0.717, 1.165) is 0 Å². The Hall–Kier alpha value is 2.71. The molecule has 2 radical (unpaired) electrons. The summed E-state index contributed by atoms with van der Waals surface area (Å²) in [6, 6.07) is 0. The van der Waals surface area contributed by atoms with Crippen molar-refractivity contribution >= 4 is 85.0 Å². The normalized spacial score (nSPS) is 0. The summed E-state index contributed by atoms with van der Waals surface area (Å²) in [5.41, 5.74) is 0. The molecule has 30 valence electrons. The fourth-order valence-electron chi connectivity index (χ4n) is 0. The van der Waals surface area contributed by atoms with Crippen molar-refractivity contribution < 1.29 is 0 Å². The topological polar surface area (TPSA) is 0 Å². The van der Waals surface area contributed by atoms with Gasteiger partial charge in [0.05, 0.1) is 0 Å². The minimum absolute atomic E-state index is 0. The van der Waals surface area contributed by atoms with Crippen molar-refractivity contribution in [2.45, 2.75) is 0 Å². The Morgan fingerprint density at radius 3 is 1.00 bits per heavy atom. The molecule has 0 aliphatic rings. The van der Waals surface area contributed by atoms with E-state index in [9.17, 15) is 0 Å². The minimum atomic E-state index is 0. The summed E-state index contributed by atoms with van der Waals surface area (Å²) in [6.45, 7) is 0. The molecule has 4 heteroatoms. The van der Waals surface area contributed by atoms with E-state index >= 15 is 0 Å². The van der Waals surface area contributed by atoms with E-state index in [1.807, 2.05) is 0 Å². The molecule has 0 aromatic heterocycles. The summed E-state index contributed by atoms with van der Waals surface area (Å²) in [4.78, 5) is 0. The third-order valence-corrected chi connectivity index (χ3v) is 0. The molecule has 0 saturated carbocycles. The summed E-state index contributed by atoms with van der Waals surface area (Å²) < 4.78 is 0.